The Hall–Kier alpha value is -2.98. The summed E-state index contributed by atoms with van der Waals surface area (Å²) in [6.07, 6.45) is -7.05. The summed E-state index contributed by atoms with van der Waals surface area (Å²) in [7, 11) is 0. The third-order valence-electron chi connectivity index (χ3n) is 7.39. The number of pyridine rings is 1. The molecular weight excluding hydrogens is 568 g/mol. The van der Waals surface area contributed by atoms with Gasteiger partial charge < -0.3 is 25.4 Å². The van der Waals surface area contributed by atoms with Crippen LogP contribution in [0.1, 0.15) is 58.5 Å². The molecule has 0 spiro atoms. The molecule has 0 unspecified atom stereocenters. The minimum absolute atomic E-state index is 0.0104. The topological polar surface area (TPSA) is 117 Å². The standard InChI is InChI=1S/C24H25F6N5O4S/c1-10(23(25,26)27)32-17-6-14(24(28,29)30)13(7-31-17)19-18(22(38)35-11-2-3-12(35)5-4-11)34-21(40-19)20(37)33-15-8-39-9-16(15)36/h6-7,10-12,15-16,36H,2-5,8-9H2,1H3,(H,31,32)(H,33,37)/t10-,11-,12+,15-,16+/m0/s1. The van der Waals surface area contributed by atoms with Crippen molar-refractivity contribution in [3.63, 3.8) is 0 Å². The summed E-state index contributed by atoms with van der Waals surface area (Å²) in [5.74, 6) is -2.10. The van der Waals surface area contributed by atoms with Crippen LogP contribution >= 0.6 is 11.3 Å². The Kier molecular flexibility index (Phi) is 7.46. The molecule has 5 rings (SSSR count). The molecule has 5 heterocycles. The Morgan fingerprint density at radius 2 is 1.77 bits per heavy atom. The zero-order valence-corrected chi connectivity index (χ0v) is 21.8. The molecule has 3 saturated heterocycles. The van der Waals surface area contributed by atoms with E-state index in [0.29, 0.717) is 17.4 Å². The number of hydrogen-bond donors (Lipinski definition) is 3. The van der Waals surface area contributed by atoms with Crippen LogP contribution in [0.4, 0.5) is 32.2 Å². The number of anilines is 1. The van der Waals surface area contributed by atoms with Crippen molar-refractivity contribution in [1.82, 2.24) is 20.2 Å². The second-order valence-corrected chi connectivity index (χ2v) is 11.1. The summed E-state index contributed by atoms with van der Waals surface area (Å²) in [5, 5.41) is 14.1. The normalized spacial score (nSPS) is 25.4. The van der Waals surface area contributed by atoms with Gasteiger partial charge in [0.05, 0.1) is 35.8 Å². The molecule has 9 nitrogen and oxygen atoms in total. The number of fused-ring (bicyclic) bond motifs is 2. The molecule has 2 aromatic heterocycles. The first-order chi connectivity index (χ1) is 18.7. The fraction of sp³-hybridized carbons (Fsp3) is 0.583. The molecule has 0 radical (unpaired) electrons. The molecule has 218 valence electrons. The van der Waals surface area contributed by atoms with E-state index in [2.05, 4.69) is 15.3 Å². The largest absolute Gasteiger partial charge is 0.417 e. The quantitative estimate of drug-likeness (QED) is 0.436. The van der Waals surface area contributed by atoms with Gasteiger partial charge in [0.15, 0.2) is 5.01 Å². The Labute approximate surface area is 227 Å². The Morgan fingerprint density at radius 3 is 2.33 bits per heavy atom. The minimum atomic E-state index is -5.04. The van der Waals surface area contributed by atoms with E-state index < -0.39 is 59.3 Å². The minimum Gasteiger partial charge on any atom is -0.388 e. The van der Waals surface area contributed by atoms with Gasteiger partial charge in [0, 0.05) is 23.8 Å². The van der Waals surface area contributed by atoms with Gasteiger partial charge in [-0.25, -0.2) is 9.97 Å². The predicted molar refractivity (Wildman–Crippen MR) is 130 cm³/mol. The molecule has 3 N–H and O–H groups in total. The second kappa shape index (κ2) is 10.4. The van der Waals surface area contributed by atoms with Crippen LogP contribution in [0.3, 0.4) is 0 Å². The van der Waals surface area contributed by atoms with Crippen molar-refractivity contribution in [2.45, 2.75) is 75.2 Å². The van der Waals surface area contributed by atoms with Crippen molar-refractivity contribution in [2.75, 3.05) is 18.5 Å². The van der Waals surface area contributed by atoms with Gasteiger partial charge in [-0.1, -0.05) is 0 Å². The highest BCUT2D eigenvalue weighted by molar-refractivity contribution is 7.17. The number of nitrogens with zero attached hydrogens (tertiary/aromatic N) is 3. The molecule has 2 bridgehead atoms. The number of aliphatic hydroxyl groups excluding tert-OH is 1. The number of hydrogen-bond acceptors (Lipinski definition) is 8. The number of aromatic nitrogens is 2. The van der Waals surface area contributed by atoms with Gasteiger partial charge in [0.1, 0.15) is 17.6 Å². The van der Waals surface area contributed by atoms with Gasteiger partial charge in [-0.05, 0) is 38.7 Å². The van der Waals surface area contributed by atoms with Crippen LogP contribution in [-0.4, -0.2) is 81.5 Å². The highest BCUT2D eigenvalue weighted by atomic mass is 32.1. The second-order valence-electron chi connectivity index (χ2n) is 10.1. The monoisotopic (exact) mass is 593 g/mol. The molecule has 0 saturated carbocycles. The summed E-state index contributed by atoms with van der Waals surface area (Å²) >= 11 is 0.536. The summed E-state index contributed by atoms with van der Waals surface area (Å²) in [5.41, 5.74) is -2.30. The van der Waals surface area contributed by atoms with Gasteiger partial charge in [-0.2, -0.15) is 26.3 Å². The molecule has 3 fully saturated rings. The average molecular weight is 594 g/mol. The Balaban J connectivity index is 1.56. The molecule has 3 aliphatic rings. The average Bonchev–Trinajstić information content (AvgIpc) is 3.67. The molecule has 0 aliphatic carbocycles. The summed E-state index contributed by atoms with van der Waals surface area (Å²) < 4.78 is 86.8. The van der Waals surface area contributed by atoms with Crippen LogP contribution in [0.2, 0.25) is 0 Å². The zero-order chi connectivity index (χ0) is 29.0. The van der Waals surface area contributed by atoms with Gasteiger partial charge in [-0.15, -0.1) is 11.3 Å². The van der Waals surface area contributed by atoms with Crippen molar-refractivity contribution >= 4 is 29.0 Å². The lowest BCUT2D eigenvalue weighted by Gasteiger charge is -2.22. The maximum absolute atomic E-state index is 14.2. The van der Waals surface area contributed by atoms with E-state index in [9.17, 15) is 41.0 Å². The summed E-state index contributed by atoms with van der Waals surface area (Å²) in [4.78, 5) is 35.9. The molecule has 0 aromatic carbocycles. The highest BCUT2D eigenvalue weighted by Gasteiger charge is 2.45. The van der Waals surface area contributed by atoms with E-state index in [1.807, 2.05) is 5.32 Å². The third kappa shape index (κ3) is 5.48. The smallest absolute Gasteiger partial charge is 0.388 e. The lowest BCUT2D eigenvalue weighted by molar-refractivity contribution is -0.138. The number of thiazole rings is 1. The maximum Gasteiger partial charge on any atom is 0.417 e. The van der Waals surface area contributed by atoms with E-state index in [-0.39, 0.29) is 40.9 Å². The van der Waals surface area contributed by atoms with Gasteiger partial charge in [0.2, 0.25) is 0 Å². The number of nitrogens with one attached hydrogen (secondary N) is 2. The lowest BCUT2D eigenvalue weighted by Crippen LogP contribution is -2.42. The number of halogens is 6. The first-order valence-corrected chi connectivity index (χ1v) is 13.4. The van der Waals surface area contributed by atoms with Gasteiger partial charge in [-0.3, -0.25) is 9.59 Å². The van der Waals surface area contributed by atoms with E-state index in [1.165, 1.54) is 0 Å². The van der Waals surface area contributed by atoms with Crippen molar-refractivity contribution in [1.29, 1.82) is 0 Å². The van der Waals surface area contributed by atoms with Crippen LogP contribution in [-0.2, 0) is 10.9 Å². The first-order valence-electron chi connectivity index (χ1n) is 12.5. The van der Waals surface area contributed by atoms with Crippen molar-refractivity contribution in [2.24, 2.45) is 0 Å². The fourth-order valence-corrected chi connectivity index (χ4v) is 6.26. The number of alkyl halides is 6. The molecule has 40 heavy (non-hydrogen) atoms. The van der Waals surface area contributed by atoms with Gasteiger partial charge >= 0.3 is 12.4 Å². The number of aliphatic hydroxyl groups is 1. The lowest BCUT2D eigenvalue weighted by atomic mass is 10.0. The molecular formula is C24H25F6N5O4S. The number of carbonyl (C=O) groups is 2. The van der Waals surface area contributed by atoms with Crippen LogP contribution in [0.15, 0.2) is 12.3 Å². The zero-order valence-electron chi connectivity index (χ0n) is 21.0. The van der Waals surface area contributed by atoms with E-state index in [0.717, 1.165) is 38.8 Å². The predicted octanol–water partition coefficient (Wildman–Crippen LogP) is 3.84. The Morgan fingerprint density at radius 1 is 1.12 bits per heavy atom. The first kappa shape index (κ1) is 28.5. The molecule has 2 amide bonds. The van der Waals surface area contributed by atoms with Crippen molar-refractivity contribution in [3.05, 3.63) is 28.5 Å². The molecule has 3 atom stereocenters. The summed E-state index contributed by atoms with van der Waals surface area (Å²) in [6.45, 7) is 0.745. The third-order valence-corrected chi connectivity index (χ3v) is 8.48. The van der Waals surface area contributed by atoms with Crippen molar-refractivity contribution < 1.29 is 45.8 Å². The maximum atomic E-state index is 14.2. The number of ether oxygens (including phenoxy) is 1. The van der Waals surface area contributed by atoms with Crippen LogP contribution in [0.5, 0.6) is 0 Å². The molecule has 16 heteroatoms. The Bertz CT molecular complexity index is 1280. The van der Waals surface area contributed by atoms with Gasteiger partial charge in [0.25, 0.3) is 11.8 Å². The number of amides is 2. The number of carbonyl (C=O) groups excluding carboxylic acids is 2. The van der Waals surface area contributed by atoms with Crippen LogP contribution in [0.25, 0.3) is 10.4 Å². The highest BCUT2D eigenvalue weighted by Crippen LogP contribution is 2.44. The number of rotatable bonds is 6. The summed E-state index contributed by atoms with van der Waals surface area (Å²) in [6, 6.07) is -2.70. The molecule has 3 aliphatic heterocycles. The molecule has 2 aromatic rings. The van der Waals surface area contributed by atoms with Crippen LogP contribution < -0.4 is 10.6 Å². The SMILES string of the molecule is C[C@H](Nc1cc(C(F)(F)F)c(-c2sc(C(=O)N[C@H]3COC[C@H]3O)nc2C(=O)N2[C@H]3CC[C@@H]2CC3)cn1)C(F)(F)F. The van der Waals surface area contributed by atoms with E-state index in [1.54, 1.807) is 4.90 Å². The van der Waals surface area contributed by atoms with Crippen molar-refractivity contribution in [3.8, 4) is 10.4 Å². The van der Waals surface area contributed by atoms with Crippen LogP contribution in [0, 0.1) is 0 Å². The fourth-order valence-electron chi connectivity index (χ4n) is 5.28. The van der Waals surface area contributed by atoms with E-state index in [4.69, 9.17) is 4.74 Å². The van der Waals surface area contributed by atoms with E-state index >= 15 is 0 Å².